The van der Waals surface area contributed by atoms with Crippen LogP contribution in [0.25, 0.3) is 33.2 Å². The van der Waals surface area contributed by atoms with Crippen molar-refractivity contribution in [1.82, 2.24) is 25.3 Å². The van der Waals surface area contributed by atoms with Gasteiger partial charge in [-0.1, -0.05) is 24.9 Å². The second-order valence-corrected chi connectivity index (χ2v) is 9.56. The number of imidazole rings is 1. The standard InChI is InChI=1S/C27H26F2N6OS/c1-3-10-37-35-21-7-5-19(28)24(25(21)29)26(36)18-14-32-27-17(18)11-16(13-31-27)15-4-6-20-22(12-15)34-23(33-20)8-9-30-2/h4-7,11-14,30,35H,3,8-10H2,1-2H3,(H,31,32)(H,33,34). The summed E-state index contributed by atoms with van der Waals surface area (Å²) in [5, 5.41) is 3.59. The molecule has 7 nitrogen and oxygen atoms in total. The van der Waals surface area contributed by atoms with E-state index in [9.17, 15) is 9.18 Å². The maximum Gasteiger partial charge on any atom is 0.201 e. The summed E-state index contributed by atoms with van der Waals surface area (Å²) >= 11 is 1.30. The maximum absolute atomic E-state index is 15.2. The fourth-order valence-electron chi connectivity index (χ4n) is 4.16. The van der Waals surface area contributed by atoms with Gasteiger partial charge in [0.15, 0.2) is 5.82 Å². The Kier molecular flexibility index (Phi) is 7.20. The molecule has 4 N–H and O–H groups in total. The largest absolute Gasteiger partial charge is 0.345 e. The number of rotatable bonds is 10. The normalized spacial score (nSPS) is 11.5. The van der Waals surface area contributed by atoms with Crippen molar-refractivity contribution in [3.8, 4) is 11.1 Å². The van der Waals surface area contributed by atoms with E-state index in [1.165, 1.54) is 24.2 Å². The molecule has 0 atom stereocenters. The second-order valence-electron chi connectivity index (χ2n) is 8.66. The van der Waals surface area contributed by atoms with Crippen molar-refractivity contribution < 1.29 is 13.6 Å². The highest BCUT2D eigenvalue weighted by Gasteiger charge is 2.24. The molecule has 2 aromatic carbocycles. The van der Waals surface area contributed by atoms with Gasteiger partial charge in [-0.3, -0.25) is 4.79 Å². The maximum atomic E-state index is 15.2. The van der Waals surface area contributed by atoms with Gasteiger partial charge in [0.05, 0.1) is 22.3 Å². The molecule has 0 saturated heterocycles. The summed E-state index contributed by atoms with van der Waals surface area (Å²) in [5.74, 6) is -0.930. The Morgan fingerprint density at radius 1 is 1.14 bits per heavy atom. The third kappa shape index (κ3) is 4.94. The number of likely N-dealkylation sites (N-methyl/N-ethyl adjacent to an activating group) is 1. The van der Waals surface area contributed by atoms with Gasteiger partial charge in [0.25, 0.3) is 0 Å². The van der Waals surface area contributed by atoms with E-state index in [2.05, 4.69) is 30.0 Å². The Hall–Kier alpha value is -3.76. The molecule has 0 aliphatic rings. The molecule has 0 radical (unpaired) electrons. The average Bonchev–Trinajstić information content (AvgIpc) is 3.51. The molecule has 0 unspecified atom stereocenters. The van der Waals surface area contributed by atoms with E-state index in [4.69, 9.17) is 0 Å². The van der Waals surface area contributed by atoms with Gasteiger partial charge in [-0.25, -0.2) is 18.7 Å². The number of ketones is 1. The summed E-state index contributed by atoms with van der Waals surface area (Å²) in [5.41, 5.74) is 3.48. The number of carbonyl (C=O) groups excluding carboxylic acids is 1. The van der Waals surface area contributed by atoms with Crippen molar-refractivity contribution in [3.05, 3.63) is 77.4 Å². The summed E-state index contributed by atoms with van der Waals surface area (Å²) in [7, 11) is 1.90. The molecule has 37 heavy (non-hydrogen) atoms. The summed E-state index contributed by atoms with van der Waals surface area (Å²) in [6, 6.07) is 10.1. The van der Waals surface area contributed by atoms with Crippen LogP contribution in [0.2, 0.25) is 0 Å². The Balaban J connectivity index is 1.50. The van der Waals surface area contributed by atoms with E-state index in [0.29, 0.717) is 11.0 Å². The number of H-pyrrole nitrogens is 2. The minimum absolute atomic E-state index is 0.0730. The number of hydrogen-bond acceptors (Lipinski definition) is 6. The predicted octanol–water partition coefficient (Wildman–Crippen LogP) is 5.85. The topological polar surface area (TPSA) is 98.5 Å². The fourth-order valence-corrected chi connectivity index (χ4v) is 4.78. The van der Waals surface area contributed by atoms with Crippen molar-refractivity contribution in [3.63, 3.8) is 0 Å². The average molecular weight is 521 g/mol. The zero-order valence-electron chi connectivity index (χ0n) is 20.4. The van der Waals surface area contributed by atoms with Crippen LogP contribution >= 0.6 is 11.9 Å². The molecule has 0 amide bonds. The molecule has 0 aliphatic carbocycles. The van der Waals surface area contributed by atoms with Gasteiger partial charge < -0.3 is 20.0 Å². The van der Waals surface area contributed by atoms with E-state index < -0.39 is 23.0 Å². The van der Waals surface area contributed by atoms with Crippen molar-refractivity contribution >= 4 is 45.5 Å². The van der Waals surface area contributed by atoms with Gasteiger partial charge in [-0.2, -0.15) is 0 Å². The van der Waals surface area contributed by atoms with Crippen LogP contribution in [-0.4, -0.2) is 45.1 Å². The van der Waals surface area contributed by atoms with Crippen LogP contribution in [0.1, 0.15) is 35.1 Å². The Bertz CT molecular complexity index is 1600. The molecular weight excluding hydrogens is 494 g/mol. The van der Waals surface area contributed by atoms with Gasteiger partial charge in [0.2, 0.25) is 5.78 Å². The number of halogens is 2. The molecule has 10 heteroatoms. The highest BCUT2D eigenvalue weighted by atomic mass is 32.2. The number of benzene rings is 2. The number of nitrogens with zero attached hydrogens (tertiary/aromatic N) is 2. The molecule has 0 fully saturated rings. The summed E-state index contributed by atoms with van der Waals surface area (Å²) < 4.78 is 32.8. The molecule has 0 spiro atoms. The van der Waals surface area contributed by atoms with Crippen LogP contribution in [0.4, 0.5) is 14.5 Å². The number of nitrogens with one attached hydrogen (secondary N) is 4. The van der Waals surface area contributed by atoms with Crippen molar-refractivity contribution in [1.29, 1.82) is 0 Å². The number of pyridine rings is 1. The lowest BCUT2D eigenvalue weighted by Gasteiger charge is -2.10. The Morgan fingerprint density at radius 3 is 2.81 bits per heavy atom. The monoisotopic (exact) mass is 520 g/mol. The molecule has 0 aliphatic heterocycles. The molecule has 0 saturated carbocycles. The van der Waals surface area contributed by atoms with Crippen LogP contribution in [0.3, 0.4) is 0 Å². The SMILES string of the molecule is CCCSNc1ccc(F)c(C(=O)c2c[nH]c3ncc(-c4ccc5nc(CCNC)[nH]c5c4)cc23)c1F. The van der Waals surface area contributed by atoms with E-state index in [1.807, 2.05) is 32.2 Å². The number of aromatic amines is 2. The third-order valence-corrected chi connectivity index (χ3v) is 7.03. The van der Waals surface area contributed by atoms with Gasteiger partial charge in [0.1, 0.15) is 17.3 Å². The number of carbonyl (C=O) groups is 1. The highest BCUT2D eigenvalue weighted by Crippen LogP contribution is 2.31. The Labute approximate surface area is 216 Å². The number of fused-ring (bicyclic) bond motifs is 2. The summed E-state index contributed by atoms with van der Waals surface area (Å²) in [6.07, 6.45) is 4.82. The van der Waals surface area contributed by atoms with Crippen LogP contribution in [0.5, 0.6) is 0 Å². The van der Waals surface area contributed by atoms with Crippen molar-refractivity contribution in [2.75, 3.05) is 24.1 Å². The molecule has 3 heterocycles. The number of hydrogen-bond donors (Lipinski definition) is 4. The quantitative estimate of drug-likeness (QED) is 0.105. The first-order valence-corrected chi connectivity index (χ1v) is 13.0. The minimum Gasteiger partial charge on any atom is -0.345 e. The van der Waals surface area contributed by atoms with E-state index in [1.54, 1.807) is 12.3 Å². The van der Waals surface area contributed by atoms with E-state index in [-0.39, 0.29) is 11.3 Å². The second kappa shape index (κ2) is 10.7. The van der Waals surface area contributed by atoms with Gasteiger partial charge >= 0.3 is 0 Å². The van der Waals surface area contributed by atoms with Crippen molar-refractivity contribution in [2.24, 2.45) is 0 Å². The van der Waals surface area contributed by atoms with Crippen LogP contribution in [0, 0.1) is 11.6 Å². The van der Waals surface area contributed by atoms with Crippen molar-refractivity contribution in [2.45, 2.75) is 19.8 Å². The van der Waals surface area contributed by atoms with E-state index in [0.717, 1.165) is 59.2 Å². The Morgan fingerprint density at radius 2 is 2.00 bits per heavy atom. The number of anilines is 1. The van der Waals surface area contributed by atoms with Crippen LogP contribution < -0.4 is 10.0 Å². The molecular formula is C27H26F2N6OS. The number of aromatic nitrogens is 4. The fraction of sp³-hybridized carbons (Fsp3) is 0.222. The van der Waals surface area contributed by atoms with Crippen LogP contribution in [-0.2, 0) is 6.42 Å². The first-order chi connectivity index (χ1) is 18.0. The lowest BCUT2D eigenvalue weighted by molar-refractivity contribution is 0.103. The summed E-state index contributed by atoms with van der Waals surface area (Å²) in [6.45, 7) is 2.81. The van der Waals surface area contributed by atoms with Gasteiger partial charge in [-0.05, 0) is 49.4 Å². The lowest BCUT2D eigenvalue weighted by atomic mass is 9.99. The smallest absolute Gasteiger partial charge is 0.201 e. The predicted molar refractivity (Wildman–Crippen MR) is 145 cm³/mol. The first-order valence-electron chi connectivity index (χ1n) is 12.0. The lowest BCUT2D eigenvalue weighted by Crippen LogP contribution is -2.10. The van der Waals surface area contributed by atoms with Gasteiger partial charge in [-0.15, -0.1) is 0 Å². The third-order valence-electron chi connectivity index (χ3n) is 6.06. The van der Waals surface area contributed by atoms with Crippen LogP contribution in [0.15, 0.2) is 48.8 Å². The molecule has 5 aromatic rings. The molecule has 3 aromatic heterocycles. The van der Waals surface area contributed by atoms with E-state index >= 15 is 4.39 Å². The molecule has 190 valence electrons. The van der Waals surface area contributed by atoms with Gasteiger partial charge in [0, 0.05) is 47.6 Å². The summed E-state index contributed by atoms with van der Waals surface area (Å²) in [4.78, 5) is 28.7. The first kappa shape index (κ1) is 24.9. The highest BCUT2D eigenvalue weighted by molar-refractivity contribution is 8.00. The zero-order valence-corrected chi connectivity index (χ0v) is 21.2. The molecule has 5 rings (SSSR count). The molecule has 0 bridgehead atoms. The zero-order chi connectivity index (χ0) is 25.9. The minimum atomic E-state index is -0.911.